The molecular formula is C16H21N3O. The van der Waals surface area contributed by atoms with Crippen molar-refractivity contribution in [3.63, 3.8) is 0 Å². The molecule has 1 aliphatic rings. The lowest BCUT2D eigenvalue weighted by molar-refractivity contribution is 0.0547. The summed E-state index contributed by atoms with van der Waals surface area (Å²) >= 11 is 0. The smallest absolute Gasteiger partial charge is 0.0991 e. The molecule has 1 aliphatic heterocycles. The highest BCUT2D eigenvalue weighted by atomic mass is 16.5. The molecule has 0 spiro atoms. The molecule has 0 saturated carbocycles. The first-order valence-corrected chi connectivity index (χ1v) is 7.27. The van der Waals surface area contributed by atoms with E-state index in [-0.39, 0.29) is 0 Å². The number of nitrogens with zero attached hydrogens (tertiary/aromatic N) is 2. The highest BCUT2D eigenvalue weighted by Crippen LogP contribution is 2.13. The van der Waals surface area contributed by atoms with E-state index in [0.29, 0.717) is 5.92 Å². The van der Waals surface area contributed by atoms with Crippen molar-refractivity contribution in [2.24, 2.45) is 5.92 Å². The first-order valence-electron chi connectivity index (χ1n) is 7.27. The van der Waals surface area contributed by atoms with Crippen molar-refractivity contribution < 1.29 is 4.74 Å². The lowest BCUT2D eigenvalue weighted by atomic mass is 10.0. The van der Waals surface area contributed by atoms with Crippen LogP contribution < -0.4 is 5.32 Å². The van der Waals surface area contributed by atoms with Gasteiger partial charge in [-0.15, -0.1) is 0 Å². The van der Waals surface area contributed by atoms with E-state index < -0.39 is 0 Å². The number of hydrogen-bond acceptors (Lipinski definition) is 3. The summed E-state index contributed by atoms with van der Waals surface area (Å²) in [4.78, 5) is 4.06. The summed E-state index contributed by atoms with van der Waals surface area (Å²) in [5, 5.41) is 3.53. The maximum atomic E-state index is 5.49. The minimum absolute atomic E-state index is 0.675. The third-order valence-corrected chi connectivity index (χ3v) is 3.76. The topological polar surface area (TPSA) is 39.1 Å². The van der Waals surface area contributed by atoms with Gasteiger partial charge in [0.15, 0.2) is 0 Å². The van der Waals surface area contributed by atoms with Crippen molar-refractivity contribution in [1.29, 1.82) is 0 Å². The second kappa shape index (κ2) is 6.68. The predicted molar refractivity (Wildman–Crippen MR) is 78.8 cm³/mol. The van der Waals surface area contributed by atoms with Gasteiger partial charge in [0.25, 0.3) is 0 Å². The monoisotopic (exact) mass is 271 g/mol. The average molecular weight is 271 g/mol. The molecule has 2 aromatic rings. The van der Waals surface area contributed by atoms with Gasteiger partial charge in [0, 0.05) is 37.8 Å². The van der Waals surface area contributed by atoms with Crippen LogP contribution in [0.15, 0.2) is 43.0 Å². The minimum atomic E-state index is 0.675. The molecule has 1 aromatic carbocycles. The normalized spacial score (nSPS) is 19.1. The maximum absolute atomic E-state index is 5.49. The van der Waals surface area contributed by atoms with E-state index in [4.69, 9.17) is 4.74 Å². The molecule has 1 fully saturated rings. The fourth-order valence-electron chi connectivity index (χ4n) is 2.59. The van der Waals surface area contributed by atoms with E-state index in [2.05, 4.69) is 34.6 Å². The van der Waals surface area contributed by atoms with Gasteiger partial charge in [-0.3, -0.25) is 0 Å². The lowest BCUT2D eigenvalue weighted by Crippen LogP contribution is -2.28. The zero-order valence-corrected chi connectivity index (χ0v) is 11.7. The molecular weight excluding hydrogens is 250 g/mol. The summed E-state index contributed by atoms with van der Waals surface area (Å²) in [6, 6.07) is 8.59. The van der Waals surface area contributed by atoms with Gasteiger partial charge < -0.3 is 14.6 Å². The molecule has 0 radical (unpaired) electrons. The average Bonchev–Trinajstić information content (AvgIpc) is 3.03. The van der Waals surface area contributed by atoms with E-state index >= 15 is 0 Å². The standard InChI is InChI=1S/C16H21N3O/c1-2-15(12-20-9-1)11-18-10-14-3-5-16(6-4-14)19-8-7-17-13-19/h3-8,13,15,18H,1-2,9-12H2. The Kier molecular flexibility index (Phi) is 4.46. The van der Waals surface area contributed by atoms with E-state index in [1.54, 1.807) is 6.20 Å². The second-order valence-electron chi connectivity index (χ2n) is 5.35. The van der Waals surface area contributed by atoms with Gasteiger partial charge in [-0.05, 0) is 36.5 Å². The first-order chi connectivity index (χ1) is 9.92. The lowest BCUT2D eigenvalue weighted by Gasteiger charge is -2.22. The number of hydrogen-bond donors (Lipinski definition) is 1. The Hall–Kier alpha value is -1.65. The molecule has 1 unspecified atom stereocenters. The third-order valence-electron chi connectivity index (χ3n) is 3.76. The highest BCUT2D eigenvalue weighted by Gasteiger charge is 2.12. The van der Waals surface area contributed by atoms with E-state index in [1.165, 1.54) is 18.4 Å². The van der Waals surface area contributed by atoms with Crippen molar-refractivity contribution in [2.45, 2.75) is 19.4 Å². The second-order valence-corrected chi connectivity index (χ2v) is 5.35. The van der Waals surface area contributed by atoms with Gasteiger partial charge in [0.2, 0.25) is 0 Å². The molecule has 20 heavy (non-hydrogen) atoms. The molecule has 1 aromatic heterocycles. The first kappa shape index (κ1) is 13.3. The molecule has 0 aliphatic carbocycles. The van der Waals surface area contributed by atoms with E-state index in [0.717, 1.165) is 32.0 Å². The number of benzene rings is 1. The predicted octanol–water partition coefficient (Wildman–Crippen LogP) is 2.39. The molecule has 2 heterocycles. The Labute approximate surface area is 119 Å². The molecule has 1 saturated heterocycles. The molecule has 1 atom stereocenters. The molecule has 106 valence electrons. The Morgan fingerprint density at radius 2 is 2.20 bits per heavy atom. The van der Waals surface area contributed by atoms with Gasteiger partial charge in [-0.25, -0.2) is 4.98 Å². The summed E-state index contributed by atoms with van der Waals surface area (Å²) < 4.78 is 7.50. The fourth-order valence-corrected chi connectivity index (χ4v) is 2.59. The van der Waals surface area contributed by atoms with Gasteiger partial charge in [0.05, 0.1) is 12.9 Å². The Morgan fingerprint density at radius 3 is 2.90 bits per heavy atom. The van der Waals surface area contributed by atoms with Crippen molar-refractivity contribution in [2.75, 3.05) is 19.8 Å². The zero-order valence-electron chi connectivity index (χ0n) is 11.7. The van der Waals surface area contributed by atoms with E-state index in [9.17, 15) is 0 Å². The van der Waals surface area contributed by atoms with Crippen molar-refractivity contribution in [1.82, 2.24) is 14.9 Å². The van der Waals surface area contributed by atoms with Crippen LogP contribution in [0.25, 0.3) is 5.69 Å². The van der Waals surface area contributed by atoms with Gasteiger partial charge in [0.1, 0.15) is 0 Å². The number of aromatic nitrogens is 2. The fraction of sp³-hybridized carbons (Fsp3) is 0.438. The van der Waals surface area contributed by atoms with Crippen LogP contribution in [-0.4, -0.2) is 29.3 Å². The molecule has 4 nitrogen and oxygen atoms in total. The summed E-state index contributed by atoms with van der Waals surface area (Å²) in [7, 11) is 0. The number of rotatable bonds is 5. The van der Waals surface area contributed by atoms with Crippen LogP contribution >= 0.6 is 0 Å². The van der Waals surface area contributed by atoms with Crippen LogP contribution in [-0.2, 0) is 11.3 Å². The Morgan fingerprint density at radius 1 is 1.30 bits per heavy atom. The van der Waals surface area contributed by atoms with Crippen LogP contribution in [0.2, 0.25) is 0 Å². The quantitative estimate of drug-likeness (QED) is 0.907. The minimum Gasteiger partial charge on any atom is -0.381 e. The Balaban J connectivity index is 1.48. The number of imidazole rings is 1. The number of nitrogens with one attached hydrogen (secondary N) is 1. The maximum Gasteiger partial charge on any atom is 0.0991 e. The highest BCUT2D eigenvalue weighted by molar-refractivity contribution is 5.34. The molecule has 0 bridgehead atoms. The van der Waals surface area contributed by atoms with Gasteiger partial charge in [-0.1, -0.05) is 12.1 Å². The SMILES string of the molecule is c1cn(-c2ccc(CNCC3CCCOC3)cc2)cn1. The van der Waals surface area contributed by atoms with E-state index in [1.807, 2.05) is 17.1 Å². The van der Waals surface area contributed by atoms with Crippen LogP contribution in [0, 0.1) is 5.92 Å². The van der Waals surface area contributed by atoms with Crippen molar-refractivity contribution in [3.05, 3.63) is 48.5 Å². The van der Waals surface area contributed by atoms with Crippen molar-refractivity contribution >= 4 is 0 Å². The van der Waals surface area contributed by atoms with Crippen LogP contribution in [0.1, 0.15) is 18.4 Å². The largest absolute Gasteiger partial charge is 0.381 e. The van der Waals surface area contributed by atoms with Gasteiger partial charge >= 0.3 is 0 Å². The van der Waals surface area contributed by atoms with Crippen LogP contribution in [0.4, 0.5) is 0 Å². The van der Waals surface area contributed by atoms with Crippen LogP contribution in [0.3, 0.4) is 0 Å². The number of ether oxygens (including phenoxy) is 1. The van der Waals surface area contributed by atoms with Crippen LogP contribution in [0.5, 0.6) is 0 Å². The zero-order chi connectivity index (χ0) is 13.6. The summed E-state index contributed by atoms with van der Waals surface area (Å²) in [6.45, 7) is 3.81. The van der Waals surface area contributed by atoms with Crippen molar-refractivity contribution in [3.8, 4) is 5.69 Å². The summed E-state index contributed by atoms with van der Waals surface area (Å²) in [5.74, 6) is 0.675. The molecule has 1 N–H and O–H groups in total. The third kappa shape index (κ3) is 3.46. The summed E-state index contributed by atoms with van der Waals surface area (Å²) in [6.07, 6.45) is 8.05. The molecule has 4 heteroatoms. The molecule has 0 amide bonds. The summed E-state index contributed by atoms with van der Waals surface area (Å²) in [5.41, 5.74) is 2.46. The Bertz CT molecular complexity index is 501. The molecule has 3 rings (SSSR count). The van der Waals surface area contributed by atoms with Gasteiger partial charge in [-0.2, -0.15) is 0 Å².